The molecule has 0 fully saturated rings. The third kappa shape index (κ3) is 5.05. The number of hydrogen-bond acceptors (Lipinski definition) is 5. The molecule has 1 atom stereocenters. The maximum absolute atomic E-state index is 12.6. The first-order valence-corrected chi connectivity index (χ1v) is 10.2. The standard InChI is InChI=1S/C18H21ClN2O5S/c1-12(18(22)20-14-7-5-6-13(19)10-14)21(27(4,23)24)15-8-9-16(25-2)17(11-15)26-3/h5-12H,1-4H3,(H,20,22)/t12-/m0/s1. The van der Waals surface area contributed by atoms with Crippen molar-refractivity contribution in [1.82, 2.24) is 0 Å². The fourth-order valence-corrected chi connectivity index (χ4v) is 3.94. The Morgan fingerprint density at radius 3 is 2.33 bits per heavy atom. The molecule has 27 heavy (non-hydrogen) atoms. The van der Waals surface area contributed by atoms with E-state index in [-0.39, 0.29) is 5.69 Å². The van der Waals surface area contributed by atoms with Gasteiger partial charge in [0.1, 0.15) is 6.04 Å². The number of carbonyl (C=O) groups is 1. The summed E-state index contributed by atoms with van der Waals surface area (Å²) in [5.74, 6) is 0.300. The van der Waals surface area contributed by atoms with Crippen LogP contribution in [-0.2, 0) is 14.8 Å². The van der Waals surface area contributed by atoms with Gasteiger partial charge in [0.05, 0.1) is 26.2 Å². The Kier molecular flexibility index (Phi) is 6.56. The van der Waals surface area contributed by atoms with Crippen LogP contribution in [-0.4, -0.2) is 40.8 Å². The highest BCUT2D eigenvalue weighted by molar-refractivity contribution is 7.92. The number of ether oxygens (including phenoxy) is 2. The smallest absolute Gasteiger partial charge is 0.247 e. The molecule has 7 nitrogen and oxygen atoms in total. The summed E-state index contributed by atoms with van der Waals surface area (Å²) in [6, 6.07) is 10.2. The van der Waals surface area contributed by atoms with Gasteiger partial charge in [-0.25, -0.2) is 8.42 Å². The molecule has 0 heterocycles. The fourth-order valence-electron chi connectivity index (χ4n) is 2.58. The van der Waals surface area contributed by atoms with Crippen LogP contribution in [0, 0.1) is 0 Å². The molecule has 0 spiro atoms. The maximum Gasteiger partial charge on any atom is 0.247 e. The number of sulfonamides is 1. The van der Waals surface area contributed by atoms with Crippen molar-refractivity contribution >= 4 is 38.9 Å². The van der Waals surface area contributed by atoms with Gasteiger partial charge in [-0.1, -0.05) is 17.7 Å². The molecule has 0 bridgehead atoms. The fraction of sp³-hybridized carbons (Fsp3) is 0.278. The summed E-state index contributed by atoms with van der Waals surface area (Å²) < 4.78 is 36.2. The lowest BCUT2D eigenvalue weighted by molar-refractivity contribution is -0.116. The van der Waals surface area contributed by atoms with Gasteiger partial charge in [-0.15, -0.1) is 0 Å². The number of carbonyl (C=O) groups excluding carboxylic acids is 1. The molecule has 2 aromatic carbocycles. The summed E-state index contributed by atoms with van der Waals surface area (Å²) in [5.41, 5.74) is 0.754. The van der Waals surface area contributed by atoms with Crippen molar-refractivity contribution in [1.29, 1.82) is 0 Å². The van der Waals surface area contributed by atoms with Gasteiger partial charge in [0, 0.05) is 16.8 Å². The van der Waals surface area contributed by atoms with Crippen molar-refractivity contribution in [3.8, 4) is 11.5 Å². The van der Waals surface area contributed by atoms with Gasteiger partial charge in [-0.2, -0.15) is 0 Å². The average Bonchev–Trinajstić information content (AvgIpc) is 2.60. The second-order valence-corrected chi connectivity index (χ2v) is 8.07. The lowest BCUT2D eigenvalue weighted by Crippen LogP contribution is -2.45. The van der Waals surface area contributed by atoms with Gasteiger partial charge in [-0.3, -0.25) is 9.10 Å². The first-order chi connectivity index (χ1) is 12.7. The van der Waals surface area contributed by atoms with Gasteiger partial charge < -0.3 is 14.8 Å². The largest absolute Gasteiger partial charge is 0.493 e. The van der Waals surface area contributed by atoms with Crippen LogP contribution in [0.5, 0.6) is 11.5 Å². The van der Waals surface area contributed by atoms with Crippen molar-refractivity contribution in [2.45, 2.75) is 13.0 Å². The first kappa shape index (κ1) is 20.9. The molecule has 2 aromatic rings. The monoisotopic (exact) mass is 412 g/mol. The van der Waals surface area contributed by atoms with Gasteiger partial charge >= 0.3 is 0 Å². The van der Waals surface area contributed by atoms with E-state index in [1.807, 2.05) is 0 Å². The molecular weight excluding hydrogens is 392 g/mol. The number of hydrogen-bond donors (Lipinski definition) is 1. The van der Waals surface area contributed by atoms with Crippen molar-refractivity contribution in [3.63, 3.8) is 0 Å². The van der Waals surface area contributed by atoms with Crippen LogP contribution in [0.4, 0.5) is 11.4 Å². The minimum absolute atomic E-state index is 0.281. The number of methoxy groups -OCH3 is 2. The minimum Gasteiger partial charge on any atom is -0.493 e. The Morgan fingerprint density at radius 2 is 1.78 bits per heavy atom. The van der Waals surface area contributed by atoms with E-state index in [9.17, 15) is 13.2 Å². The quantitative estimate of drug-likeness (QED) is 0.755. The highest BCUT2D eigenvalue weighted by Crippen LogP contribution is 2.33. The van der Waals surface area contributed by atoms with Crippen LogP contribution in [0.15, 0.2) is 42.5 Å². The topological polar surface area (TPSA) is 84.9 Å². The Balaban J connectivity index is 2.37. The lowest BCUT2D eigenvalue weighted by Gasteiger charge is -2.28. The zero-order valence-corrected chi connectivity index (χ0v) is 17.0. The molecular formula is C18H21ClN2O5S. The summed E-state index contributed by atoms with van der Waals surface area (Å²) >= 11 is 5.92. The third-order valence-corrected chi connectivity index (χ3v) is 5.28. The molecule has 1 amide bonds. The van der Waals surface area contributed by atoms with E-state index in [0.717, 1.165) is 10.6 Å². The van der Waals surface area contributed by atoms with E-state index in [1.165, 1.54) is 27.2 Å². The molecule has 0 saturated carbocycles. The Hall–Kier alpha value is -2.45. The molecule has 1 N–H and O–H groups in total. The number of nitrogens with one attached hydrogen (secondary N) is 1. The SMILES string of the molecule is COc1ccc(N([C@@H](C)C(=O)Nc2cccc(Cl)c2)S(C)(=O)=O)cc1OC. The number of anilines is 2. The number of benzene rings is 2. The summed E-state index contributed by atoms with van der Waals surface area (Å²) in [6.07, 6.45) is 1.03. The predicted octanol–water partition coefficient (Wildman–Crippen LogP) is 3.15. The van der Waals surface area contributed by atoms with E-state index in [2.05, 4.69) is 5.32 Å². The van der Waals surface area contributed by atoms with E-state index >= 15 is 0 Å². The van der Waals surface area contributed by atoms with Crippen LogP contribution in [0.2, 0.25) is 5.02 Å². The average molecular weight is 413 g/mol. The highest BCUT2D eigenvalue weighted by Gasteiger charge is 2.30. The molecule has 0 aliphatic rings. The lowest BCUT2D eigenvalue weighted by atomic mass is 10.2. The Bertz CT molecular complexity index is 933. The van der Waals surface area contributed by atoms with Gasteiger partial charge in [0.25, 0.3) is 0 Å². The molecule has 0 aromatic heterocycles. The van der Waals surface area contributed by atoms with Crippen LogP contribution >= 0.6 is 11.6 Å². The number of amides is 1. The van der Waals surface area contributed by atoms with E-state index in [0.29, 0.717) is 22.2 Å². The van der Waals surface area contributed by atoms with Crippen LogP contribution in [0.1, 0.15) is 6.92 Å². The molecule has 9 heteroatoms. The summed E-state index contributed by atoms with van der Waals surface area (Å²) in [5, 5.41) is 3.13. The predicted molar refractivity (Wildman–Crippen MR) is 106 cm³/mol. The summed E-state index contributed by atoms with van der Waals surface area (Å²) in [4.78, 5) is 12.6. The zero-order chi connectivity index (χ0) is 20.2. The maximum atomic E-state index is 12.6. The molecule has 0 saturated heterocycles. The van der Waals surface area contributed by atoms with Crippen LogP contribution in [0.3, 0.4) is 0 Å². The van der Waals surface area contributed by atoms with Gasteiger partial charge in [-0.05, 0) is 37.3 Å². The number of halogens is 1. The van der Waals surface area contributed by atoms with Crippen molar-refractivity contribution in [3.05, 3.63) is 47.5 Å². The minimum atomic E-state index is -3.76. The van der Waals surface area contributed by atoms with E-state index in [1.54, 1.807) is 36.4 Å². The molecule has 0 aliphatic heterocycles. The normalized spacial score (nSPS) is 12.2. The number of rotatable bonds is 7. The van der Waals surface area contributed by atoms with E-state index in [4.69, 9.17) is 21.1 Å². The molecule has 146 valence electrons. The molecule has 0 radical (unpaired) electrons. The second kappa shape index (κ2) is 8.49. The first-order valence-electron chi connectivity index (χ1n) is 7.95. The third-order valence-electron chi connectivity index (χ3n) is 3.80. The Labute approximate surface area is 163 Å². The van der Waals surface area contributed by atoms with Crippen molar-refractivity contribution in [2.24, 2.45) is 0 Å². The molecule has 2 rings (SSSR count). The van der Waals surface area contributed by atoms with Crippen molar-refractivity contribution in [2.75, 3.05) is 30.1 Å². The summed E-state index contributed by atoms with van der Waals surface area (Å²) in [6.45, 7) is 1.50. The van der Waals surface area contributed by atoms with Gasteiger partial charge in [0.2, 0.25) is 15.9 Å². The highest BCUT2D eigenvalue weighted by atomic mass is 35.5. The summed E-state index contributed by atoms with van der Waals surface area (Å²) in [7, 11) is -0.832. The Morgan fingerprint density at radius 1 is 1.11 bits per heavy atom. The van der Waals surface area contributed by atoms with E-state index < -0.39 is 22.0 Å². The molecule has 0 unspecified atom stereocenters. The second-order valence-electron chi connectivity index (χ2n) is 5.77. The van der Waals surface area contributed by atoms with Gasteiger partial charge in [0.15, 0.2) is 11.5 Å². The van der Waals surface area contributed by atoms with Crippen molar-refractivity contribution < 1.29 is 22.7 Å². The molecule has 0 aliphatic carbocycles. The number of nitrogens with zero attached hydrogens (tertiary/aromatic N) is 1. The zero-order valence-electron chi connectivity index (χ0n) is 15.4. The van der Waals surface area contributed by atoms with Crippen LogP contribution < -0.4 is 19.1 Å². The van der Waals surface area contributed by atoms with Crippen LogP contribution in [0.25, 0.3) is 0 Å².